The molecule has 1 saturated heterocycles. The number of halogens is 1. The Hall–Kier alpha value is -3.28. The summed E-state index contributed by atoms with van der Waals surface area (Å²) < 4.78 is 18.4. The summed E-state index contributed by atoms with van der Waals surface area (Å²) in [6.45, 7) is 1.36. The summed E-state index contributed by atoms with van der Waals surface area (Å²) in [5.74, 6) is 0.686. The van der Waals surface area contributed by atoms with Gasteiger partial charge in [0.2, 0.25) is 5.91 Å². The number of piperidine rings is 1. The fourth-order valence-electron chi connectivity index (χ4n) is 3.83. The number of rotatable bonds is 5. The number of carbonyl (C=O) groups is 1. The summed E-state index contributed by atoms with van der Waals surface area (Å²) in [4.78, 5) is 23.9. The molecule has 1 amide bonds. The van der Waals surface area contributed by atoms with Crippen molar-refractivity contribution in [2.75, 3.05) is 20.2 Å². The van der Waals surface area contributed by atoms with Gasteiger partial charge in [-0.15, -0.1) is 0 Å². The minimum absolute atomic E-state index is 0.0585. The normalized spacial score (nSPS) is 16.3. The molecular formula is C24H24FN3O2. The predicted molar refractivity (Wildman–Crippen MR) is 113 cm³/mol. The number of aromatic nitrogens is 2. The molecule has 4 rings (SSSR count). The molecule has 154 valence electrons. The zero-order valence-electron chi connectivity index (χ0n) is 16.9. The minimum Gasteiger partial charge on any atom is -0.497 e. The van der Waals surface area contributed by atoms with Crippen molar-refractivity contribution in [2.24, 2.45) is 0 Å². The van der Waals surface area contributed by atoms with Gasteiger partial charge < -0.3 is 9.64 Å². The number of hydrogen-bond donors (Lipinski definition) is 0. The summed E-state index contributed by atoms with van der Waals surface area (Å²) in [6.07, 6.45) is 5.71. The van der Waals surface area contributed by atoms with Crippen LogP contribution < -0.4 is 4.74 Å². The van der Waals surface area contributed by atoms with Gasteiger partial charge in [-0.3, -0.25) is 9.78 Å². The van der Waals surface area contributed by atoms with Crippen molar-refractivity contribution in [1.82, 2.24) is 14.9 Å². The van der Waals surface area contributed by atoms with E-state index >= 15 is 0 Å². The van der Waals surface area contributed by atoms with Crippen LogP contribution in [0.2, 0.25) is 0 Å². The maximum absolute atomic E-state index is 13.1. The van der Waals surface area contributed by atoms with Gasteiger partial charge in [0.15, 0.2) is 0 Å². The monoisotopic (exact) mass is 405 g/mol. The van der Waals surface area contributed by atoms with E-state index in [0.717, 1.165) is 47.7 Å². The summed E-state index contributed by atoms with van der Waals surface area (Å²) in [7, 11) is 1.64. The van der Waals surface area contributed by atoms with Crippen LogP contribution in [0.25, 0.3) is 11.3 Å². The van der Waals surface area contributed by atoms with Crippen LogP contribution in [-0.2, 0) is 11.2 Å². The highest BCUT2D eigenvalue weighted by Crippen LogP contribution is 2.28. The summed E-state index contributed by atoms with van der Waals surface area (Å²) in [5.41, 5.74) is 3.46. The van der Waals surface area contributed by atoms with Crippen molar-refractivity contribution < 1.29 is 13.9 Å². The van der Waals surface area contributed by atoms with E-state index in [-0.39, 0.29) is 24.1 Å². The number of amides is 1. The van der Waals surface area contributed by atoms with E-state index < -0.39 is 0 Å². The third-order valence-electron chi connectivity index (χ3n) is 5.48. The number of likely N-dealkylation sites (tertiary alicyclic amines) is 1. The third kappa shape index (κ3) is 4.64. The lowest BCUT2D eigenvalue weighted by atomic mass is 9.94. The highest BCUT2D eigenvalue weighted by Gasteiger charge is 2.26. The number of hydrogen-bond acceptors (Lipinski definition) is 4. The Bertz CT molecular complexity index is 1020. The molecular weight excluding hydrogens is 381 g/mol. The smallest absolute Gasteiger partial charge is 0.227 e. The molecule has 0 spiro atoms. The van der Waals surface area contributed by atoms with Crippen molar-refractivity contribution in [1.29, 1.82) is 0 Å². The largest absolute Gasteiger partial charge is 0.497 e. The van der Waals surface area contributed by atoms with Crippen LogP contribution in [0.1, 0.15) is 30.0 Å². The molecule has 1 aliphatic rings. The van der Waals surface area contributed by atoms with Crippen molar-refractivity contribution in [3.05, 3.63) is 78.0 Å². The van der Waals surface area contributed by atoms with Crippen LogP contribution in [0.5, 0.6) is 5.75 Å². The van der Waals surface area contributed by atoms with E-state index in [9.17, 15) is 9.18 Å². The first kappa shape index (κ1) is 20.0. The molecule has 2 aromatic carbocycles. The quantitative estimate of drug-likeness (QED) is 0.637. The van der Waals surface area contributed by atoms with Gasteiger partial charge in [0.1, 0.15) is 11.6 Å². The van der Waals surface area contributed by atoms with E-state index in [1.165, 1.54) is 12.1 Å². The molecule has 1 aromatic heterocycles. The van der Waals surface area contributed by atoms with E-state index in [2.05, 4.69) is 4.98 Å². The second-order valence-corrected chi connectivity index (χ2v) is 7.54. The lowest BCUT2D eigenvalue weighted by Gasteiger charge is -2.32. The van der Waals surface area contributed by atoms with Gasteiger partial charge in [-0.25, -0.2) is 9.37 Å². The molecule has 0 radical (unpaired) electrons. The van der Waals surface area contributed by atoms with Crippen LogP contribution in [0.15, 0.2) is 60.9 Å². The maximum Gasteiger partial charge on any atom is 0.227 e. The molecule has 3 aromatic rings. The molecule has 1 atom stereocenters. The summed E-state index contributed by atoms with van der Waals surface area (Å²) in [6, 6.07) is 13.9. The van der Waals surface area contributed by atoms with Gasteiger partial charge in [-0.2, -0.15) is 0 Å². The van der Waals surface area contributed by atoms with Crippen molar-refractivity contribution in [2.45, 2.75) is 25.2 Å². The van der Waals surface area contributed by atoms with Gasteiger partial charge in [-0.1, -0.05) is 24.3 Å². The summed E-state index contributed by atoms with van der Waals surface area (Å²) in [5, 5.41) is 0. The SMILES string of the molecule is COc1cccc(-c2cncc(C3CCCN(C(=O)Cc4ccc(F)cc4)C3)n2)c1. The van der Waals surface area contributed by atoms with Gasteiger partial charge >= 0.3 is 0 Å². The van der Waals surface area contributed by atoms with Gasteiger partial charge in [0, 0.05) is 30.8 Å². The van der Waals surface area contributed by atoms with E-state index in [4.69, 9.17) is 9.72 Å². The Labute approximate surface area is 175 Å². The first-order chi connectivity index (χ1) is 14.6. The van der Waals surface area contributed by atoms with Crippen LogP contribution in [-0.4, -0.2) is 41.0 Å². The molecule has 0 N–H and O–H groups in total. The highest BCUT2D eigenvalue weighted by molar-refractivity contribution is 5.79. The molecule has 0 saturated carbocycles. The first-order valence-corrected chi connectivity index (χ1v) is 10.1. The fourth-order valence-corrected chi connectivity index (χ4v) is 3.83. The van der Waals surface area contributed by atoms with Crippen molar-refractivity contribution in [3.8, 4) is 17.0 Å². The third-order valence-corrected chi connectivity index (χ3v) is 5.48. The molecule has 0 bridgehead atoms. The van der Waals surface area contributed by atoms with Crippen LogP contribution in [0.4, 0.5) is 4.39 Å². The molecule has 5 nitrogen and oxygen atoms in total. The number of nitrogens with zero attached hydrogens (tertiary/aromatic N) is 3. The molecule has 1 fully saturated rings. The highest BCUT2D eigenvalue weighted by atomic mass is 19.1. The first-order valence-electron chi connectivity index (χ1n) is 10.1. The minimum atomic E-state index is -0.293. The Morgan fingerprint density at radius 2 is 2.03 bits per heavy atom. The maximum atomic E-state index is 13.1. The van der Waals surface area contributed by atoms with Crippen LogP contribution in [0.3, 0.4) is 0 Å². The number of carbonyl (C=O) groups excluding carboxylic acids is 1. The van der Waals surface area contributed by atoms with Gasteiger partial charge in [0.25, 0.3) is 0 Å². The second kappa shape index (κ2) is 9.03. The Kier molecular flexibility index (Phi) is 6.02. The lowest BCUT2D eigenvalue weighted by Crippen LogP contribution is -2.40. The van der Waals surface area contributed by atoms with E-state index in [0.29, 0.717) is 6.54 Å². The van der Waals surface area contributed by atoms with E-state index in [1.807, 2.05) is 29.2 Å². The topological polar surface area (TPSA) is 55.3 Å². The molecule has 2 heterocycles. The Balaban J connectivity index is 1.47. The zero-order chi connectivity index (χ0) is 20.9. The molecule has 6 heteroatoms. The second-order valence-electron chi connectivity index (χ2n) is 7.54. The average molecular weight is 405 g/mol. The van der Waals surface area contributed by atoms with Crippen molar-refractivity contribution in [3.63, 3.8) is 0 Å². The molecule has 1 aliphatic heterocycles. The fraction of sp³-hybridized carbons (Fsp3) is 0.292. The Morgan fingerprint density at radius 3 is 2.83 bits per heavy atom. The van der Waals surface area contributed by atoms with E-state index in [1.54, 1.807) is 31.6 Å². The number of methoxy groups -OCH3 is 1. The van der Waals surface area contributed by atoms with Crippen LogP contribution >= 0.6 is 0 Å². The molecule has 0 aliphatic carbocycles. The average Bonchev–Trinajstić information content (AvgIpc) is 2.81. The predicted octanol–water partition coefficient (Wildman–Crippen LogP) is 4.24. The number of benzene rings is 2. The lowest BCUT2D eigenvalue weighted by molar-refractivity contribution is -0.131. The number of ether oxygens (including phenoxy) is 1. The Morgan fingerprint density at radius 1 is 1.20 bits per heavy atom. The van der Waals surface area contributed by atoms with Gasteiger partial charge in [0.05, 0.1) is 31.1 Å². The standard InChI is InChI=1S/C24H24FN3O2/c1-30-21-6-2-4-18(13-21)22-14-26-15-23(27-22)19-5-3-11-28(16-19)24(29)12-17-7-9-20(25)10-8-17/h2,4,6-10,13-15,19H,3,5,11-12,16H2,1H3. The van der Waals surface area contributed by atoms with Crippen molar-refractivity contribution >= 4 is 5.91 Å². The summed E-state index contributed by atoms with van der Waals surface area (Å²) >= 11 is 0. The van der Waals surface area contributed by atoms with Crippen LogP contribution in [0, 0.1) is 5.82 Å². The molecule has 1 unspecified atom stereocenters. The molecule has 30 heavy (non-hydrogen) atoms. The zero-order valence-corrected chi connectivity index (χ0v) is 16.9. The van der Waals surface area contributed by atoms with Gasteiger partial charge in [-0.05, 0) is 42.7 Å².